The van der Waals surface area contributed by atoms with E-state index in [1.54, 1.807) is 26.0 Å². The summed E-state index contributed by atoms with van der Waals surface area (Å²) in [6, 6.07) is 11.6. The molecule has 2 N–H and O–H groups in total. The first-order valence-corrected chi connectivity index (χ1v) is 9.54. The van der Waals surface area contributed by atoms with Crippen LogP contribution in [-0.4, -0.2) is 18.6 Å². The van der Waals surface area contributed by atoms with Crippen molar-refractivity contribution in [2.24, 2.45) is 0 Å². The van der Waals surface area contributed by atoms with E-state index in [1.807, 2.05) is 6.92 Å². The summed E-state index contributed by atoms with van der Waals surface area (Å²) in [5.41, 5.74) is 3.03. The van der Waals surface area contributed by atoms with Gasteiger partial charge >= 0.3 is 0 Å². The molecule has 8 heteroatoms. The monoisotopic (exact) mass is 372 g/mol. The SMILES string of the molecule is Cc1ccc(CNc2ccc(NS(=O)(=O)c3c(C)noc3C)cn2)cc1. The van der Waals surface area contributed by atoms with Crippen molar-refractivity contribution in [1.82, 2.24) is 10.1 Å². The third kappa shape index (κ3) is 4.02. The molecular weight excluding hydrogens is 352 g/mol. The van der Waals surface area contributed by atoms with Gasteiger partial charge in [-0.25, -0.2) is 13.4 Å². The number of nitrogens with zero attached hydrogens (tertiary/aromatic N) is 2. The number of sulfonamides is 1. The van der Waals surface area contributed by atoms with Crippen LogP contribution in [0, 0.1) is 20.8 Å². The van der Waals surface area contributed by atoms with Crippen molar-refractivity contribution in [3.63, 3.8) is 0 Å². The number of aryl methyl sites for hydroxylation is 3. The van der Waals surface area contributed by atoms with E-state index in [0.717, 1.165) is 5.56 Å². The van der Waals surface area contributed by atoms with Crippen LogP contribution in [0.4, 0.5) is 11.5 Å². The molecule has 0 atom stereocenters. The molecule has 0 fully saturated rings. The van der Waals surface area contributed by atoms with Crippen LogP contribution in [-0.2, 0) is 16.6 Å². The Labute approximate surface area is 152 Å². The Balaban J connectivity index is 1.67. The van der Waals surface area contributed by atoms with Crippen molar-refractivity contribution in [2.45, 2.75) is 32.2 Å². The number of anilines is 2. The average molecular weight is 372 g/mol. The van der Waals surface area contributed by atoms with Gasteiger partial charge in [0.25, 0.3) is 10.0 Å². The Morgan fingerprint density at radius 3 is 2.35 bits per heavy atom. The molecular formula is C18H20N4O3S. The molecule has 7 nitrogen and oxygen atoms in total. The Bertz CT molecular complexity index is 974. The Hall–Kier alpha value is -2.87. The molecule has 0 spiro atoms. The average Bonchev–Trinajstić information content (AvgIpc) is 2.95. The lowest BCUT2D eigenvalue weighted by molar-refractivity contribution is 0.390. The normalized spacial score (nSPS) is 11.3. The molecule has 0 unspecified atom stereocenters. The second-order valence-corrected chi connectivity index (χ2v) is 7.65. The molecule has 2 aromatic heterocycles. The van der Waals surface area contributed by atoms with Crippen LogP contribution in [0.2, 0.25) is 0 Å². The number of nitrogens with one attached hydrogen (secondary N) is 2. The number of benzene rings is 1. The summed E-state index contributed by atoms with van der Waals surface area (Å²) in [5.74, 6) is 0.908. The quantitative estimate of drug-likeness (QED) is 0.688. The summed E-state index contributed by atoms with van der Waals surface area (Å²) in [5, 5.41) is 6.88. The Kier molecular flexibility index (Phi) is 4.94. The number of aromatic nitrogens is 2. The Morgan fingerprint density at radius 1 is 1.04 bits per heavy atom. The standard InChI is InChI=1S/C18H20N4O3S/c1-12-4-6-15(7-5-12)10-19-17-9-8-16(11-20-17)22-26(23,24)18-13(2)21-25-14(18)3/h4-9,11,22H,10H2,1-3H3,(H,19,20). The summed E-state index contributed by atoms with van der Waals surface area (Å²) >= 11 is 0. The molecule has 0 aliphatic rings. The summed E-state index contributed by atoms with van der Waals surface area (Å²) in [7, 11) is -3.77. The predicted molar refractivity (Wildman–Crippen MR) is 99.5 cm³/mol. The Morgan fingerprint density at radius 2 is 1.77 bits per heavy atom. The van der Waals surface area contributed by atoms with Gasteiger partial charge < -0.3 is 9.84 Å². The van der Waals surface area contributed by atoms with Crippen molar-refractivity contribution in [3.05, 3.63) is 65.2 Å². The van der Waals surface area contributed by atoms with Crippen LogP contribution >= 0.6 is 0 Å². The molecule has 0 aliphatic heterocycles. The molecule has 0 radical (unpaired) electrons. The van der Waals surface area contributed by atoms with Gasteiger partial charge in [0.15, 0.2) is 10.7 Å². The minimum absolute atomic E-state index is 0.0547. The molecule has 136 valence electrons. The highest BCUT2D eigenvalue weighted by Gasteiger charge is 2.24. The zero-order valence-electron chi connectivity index (χ0n) is 14.8. The molecule has 0 bridgehead atoms. The van der Waals surface area contributed by atoms with Crippen molar-refractivity contribution < 1.29 is 12.9 Å². The van der Waals surface area contributed by atoms with Crippen LogP contribution in [0.3, 0.4) is 0 Å². The van der Waals surface area contributed by atoms with E-state index in [2.05, 4.69) is 44.4 Å². The van der Waals surface area contributed by atoms with E-state index in [-0.39, 0.29) is 10.7 Å². The van der Waals surface area contributed by atoms with Crippen LogP contribution in [0.1, 0.15) is 22.6 Å². The molecule has 0 aliphatic carbocycles. The van der Waals surface area contributed by atoms with E-state index in [1.165, 1.54) is 11.8 Å². The minimum atomic E-state index is -3.77. The van der Waals surface area contributed by atoms with Gasteiger partial charge in [0, 0.05) is 6.54 Å². The molecule has 2 heterocycles. The lowest BCUT2D eigenvalue weighted by Crippen LogP contribution is -2.14. The van der Waals surface area contributed by atoms with Crippen molar-refractivity contribution in [1.29, 1.82) is 0 Å². The van der Waals surface area contributed by atoms with Gasteiger partial charge in [0.2, 0.25) is 0 Å². The zero-order chi connectivity index (χ0) is 18.7. The fourth-order valence-electron chi connectivity index (χ4n) is 2.52. The summed E-state index contributed by atoms with van der Waals surface area (Å²) < 4.78 is 32.4. The molecule has 0 amide bonds. The third-order valence-corrected chi connectivity index (χ3v) is 5.47. The first kappa shape index (κ1) is 17.9. The van der Waals surface area contributed by atoms with Crippen molar-refractivity contribution in [2.75, 3.05) is 10.0 Å². The van der Waals surface area contributed by atoms with Gasteiger partial charge in [0.1, 0.15) is 11.5 Å². The van der Waals surface area contributed by atoms with Crippen LogP contribution < -0.4 is 10.0 Å². The maximum atomic E-state index is 12.5. The lowest BCUT2D eigenvalue weighted by Gasteiger charge is -2.09. The van der Waals surface area contributed by atoms with Gasteiger partial charge in [-0.15, -0.1) is 0 Å². The third-order valence-electron chi connectivity index (χ3n) is 3.85. The number of hydrogen-bond donors (Lipinski definition) is 2. The molecule has 0 saturated heterocycles. The maximum Gasteiger partial charge on any atom is 0.267 e. The van der Waals surface area contributed by atoms with Crippen LogP contribution in [0.25, 0.3) is 0 Å². The minimum Gasteiger partial charge on any atom is -0.366 e. The second-order valence-electron chi connectivity index (χ2n) is 6.03. The number of hydrogen-bond acceptors (Lipinski definition) is 6. The fraction of sp³-hybridized carbons (Fsp3) is 0.222. The van der Waals surface area contributed by atoms with Crippen molar-refractivity contribution in [3.8, 4) is 0 Å². The summed E-state index contributed by atoms with van der Waals surface area (Å²) in [6.45, 7) is 5.82. The van der Waals surface area contributed by atoms with Gasteiger partial charge in [-0.3, -0.25) is 4.72 Å². The van der Waals surface area contributed by atoms with Gasteiger partial charge in [-0.2, -0.15) is 0 Å². The van der Waals surface area contributed by atoms with Gasteiger partial charge in [0.05, 0.1) is 11.9 Å². The topological polar surface area (TPSA) is 97.1 Å². The fourth-order valence-corrected chi connectivity index (χ4v) is 3.90. The first-order chi connectivity index (χ1) is 12.3. The second kappa shape index (κ2) is 7.17. The van der Waals surface area contributed by atoms with Crippen molar-refractivity contribution >= 4 is 21.5 Å². The first-order valence-electron chi connectivity index (χ1n) is 8.06. The molecule has 26 heavy (non-hydrogen) atoms. The number of pyridine rings is 1. The van der Waals surface area contributed by atoms with E-state index >= 15 is 0 Å². The van der Waals surface area contributed by atoms with E-state index in [0.29, 0.717) is 23.7 Å². The highest BCUT2D eigenvalue weighted by atomic mass is 32.2. The van der Waals surface area contributed by atoms with E-state index in [4.69, 9.17) is 4.52 Å². The largest absolute Gasteiger partial charge is 0.366 e. The molecule has 3 rings (SSSR count). The molecule has 3 aromatic rings. The van der Waals surface area contributed by atoms with Gasteiger partial charge in [-0.05, 0) is 38.5 Å². The molecule has 0 saturated carbocycles. The number of rotatable bonds is 6. The summed E-state index contributed by atoms with van der Waals surface area (Å²) in [4.78, 5) is 4.30. The highest BCUT2D eigenvalue weighted by molar-refractivity contribution is 7.92. The highest BCUT2D eigenvalue weighted by Crippen LogP contribution is 2.22. The lowest BCUT2D eigenvalue weighted by atomic mass is 10.1. The summed E-state index contributed by atoms with van der Waals surface area (Å²) in [6.07, 6.45) is 1.47. The van der Waals surface area contributed by atoms with Crippen LogP contribution in [0.5, 0.6) is 0 Å². The van der Waals surface area contributed by atoms with E-state index in [9.17, 15) is 8.42 Å². The van der Waals surface area contributed by atoms with E-state index < -0.39 is 10.0 Å². The van der Waals surface area contributed by atoms with Crippen LogP contribution in [0.15, 0.2) is 52.0 Å². The molecule has 1 aromatic carbocycles. The smallest absolute Gasteiger partial charge is 0.267 e. The van der Waals surface area contributed by atoms with Gasteiger partial charge in [-0.1, -0.05) is 35.0 Å². The zero-order valence-corrected chi connectivity index (χ0v) is 15.6. The maximum absolute atomic E-state index is 12.5. The predicted octanol–water partition coefficient (Wildman–Crippen LogP) is 3.41.